The Morgan fingerprint density at radius 1 is 1.56 bits per heavy atom. The van der Waals surface area contributed by atoms with Crippen molar-refractivity contribution in [1.82, 2.24) is 14.5 Å². The first kappa shape index (κ1) is 12.3. The number of aromatic amines is 1. The lowest BCUT2D eigenvalue weighted by atomic mass is 10.3. The van der Waals surface area contributed by atoms with Crippen molar-refractivity contribution in [1.29, 1.82) is 0 Å². The average molecular weight is 257 g/mol. The van der Waals surface area contributed by atoms with Gasteiger partial charge in [0.1, 0.15) is 6.17 Å². The van der Waals surface area contributed by atoms with E-state index in [-0.39, 0.29) is 0 Å². The zero-order valence-corrected chi connectivity index (χ0v) is 9.68. The average Bonchev–Trinajstić information content (AvgIpc) is 2.81. The number of aromatic nitrogens is 2. The first-order valence-corrected chi connectivity index (χ1v) is 5.40. The van der Waals surface area contributed by atoms with Crippen LogP contribution in [0.2, 0.25) is 0 Å². The molecule has 1 aromatic rings. The highest BCUT2D eigenvalue weighted by atomic mass is 19.1. The summed E-state index contributed by atoms with van der Waals surface area (Å²) in [6.07, 6.45) is 0.771. The van der Waals surface area contributed by atoms with E-state index in [0.717, 1.165) is 10.8 Å². The largest absolute Gasteiger partial charge is 0.453 e. The minimum Gasteiger partial charge on any atom is -0.453 e. The van der Waals surface area contributed by atoms with Crippen molar-refractivity contribution in [3.63, 3.8) is 0 Å². The van der Waals surface area contributed by atoms with Gasteiger partial charge in [-0.1, -0.05) is 0 Å². The van der Waals surface area contributed by atoms with Gasteiger partial charge < -0.3 is 4.74 Å². The van der Waals surface area contributed by atoms with Crippen LogP contribution in [-0.2, 0) is 4.74 Å². The maximum atomic E-state index is 13.2. The lowest BCUT2D eigenvalue weighted by Gasteiger charge is -2.24. The van der Waals surface area contributed by atoms with Crippen LogP contribution in [0, 0.1) is 5.82 Å². The number of rotatable bonds is 1. The van der Waals surface area contributed by atoms with Crippen molar-refractivity contribution in [2.75, 3.05) is 13.7 Å². The van der Waals surface area contributed by atoms with E-state index in [2.05, 4.69) is 4.74 Å². The van der Waals surface area contributed by atoms with E-state index < -0.39 is 29.3 Å². The van der Waals surface area contributed by atoms with E-state index in [1.165, 1.54) is 12.0 Å². The molecule has 18 heavy (non-hydrogen) atoms. The van der Waals surface area contributed by atoms with E-state index in [9.17, 15) is 18.8 Å². The first-order valence-electron chi connectivity index (χ1n) is 5.40. The highest BCUT2D eigenvalue weighted by molar-refractivity contribution is 5.67. The molecule has 2 rings (SSSR count). The van der Waals surface area contributed by atoms with Gasteiger partial charge in [0.05, 0.1) is 13.3 Å². The molecule has 1 aromatic heterocycles. The summed E-state index contributed by atoms with van der Waals surface area (Å²) in [6, 6.07) is 0. The maximum Gasteiger partial charge on any atom is 0.411 e. The predicted molar refractivity (Wildman–Crippen MR) is 58.7 cm³/mol. The third-order valence-electron chi connectivity index (χ3n) is 2.88. The highest BCUT2D eigenvalue weighted by Gasteiger charge is 2.31. The summed E-state index contributed by atoms with van der Waals surface area (Å²) in [5.74, 6) is -1.06. The number of hydrogen-bond donors (Lipinski definition) is 1. The lowest BCUT2D eigenvalue weighted by molar-refractivity contribution is 0.103. The quantitative estimate of drug-likeness (QED) is 0.769. The monoisotopic (exact) mass is 257 g/mol. The molecule has 0 aliphatic carbocycles. The molecular weight excluding hydrogens is 245 g/mol. The number of halogens is 1. The molecule has 98 valence electrons. The molecule has 1 fully saturated rings. The summed E-state index contributed by atoms with van der Waals surface area (Å²) in [5.41, 5.74) is -1.82. The van der Waals surface area contributed by atoms with Gasteiger partial charge in [0, 0.05) is 6.54 Å². The van der Waals surface area contributed by atoms with Gasteiger partial charge in [0.2, 0.25) is 5.82 Å². The fourth-order valence-corrected chi connectivity index (χ4v) is 2.05. The van der Waals surface area contributed by atoms with Crippen molar-refractivity contribution in [3.05, 3.63) is 32.9 Å². The van der Waals surface area contributed by atoms with Crippen LogP contribution in [0.3, 0.4) is 0 Å². The van der Waals surface area contributed by atoms with Gasteiger partial charge in [-0.2, -0.15) is 4.39 Å². The summed E-state index contributed by atoms with van der Waals surface area (Å²) in [6.45, 7) is 0.421. The molecule has 1 N–H and O–H groups in total. The molecular formula is C10H12FN3O4. The number of ether oxygens (including phenoxy) is 1. The van der Waals surface area contributed by atoms with Crippen LogP contribution in [0.15, 0.2) is 15.8 Å². The van der Waals surface area contributed by atoms with Crippen molar-refractivity contribution in [2.45, 2.75) is 19.0 Å². The van der Waals surface area contributed by atoms with Gasteiger partial charge in [-0.3, -0.25) is 19.2 Å². The molecule has 1 aliphatic rings. The SMILES string of the molecule is COC(=O)N1CCC[C@H]1n1cc(F)c(=O)[nH]c1=O. The standard InChI is InChI=1S/C10H12FN3O4/c1-18-10(17)13-4-2-3-7(13)14-5-6(11)8(15)12-9(14)16/h5,7H,2-4H2,1H3,(H,12,15,16)/t7-/m1/s1. The van der Waals surface area contributed by atoms with Gasteiger partial charge in [-0.15, -0.1) is 0 Å². The lowest BCUT2D eigenvalue weighted by Crippen LogP contribution is -2.41. The van der Waals surface area contributed by atoms with Gasteiger partial charge >= 0.3 is 11.8 Å². The van der Waals surface area contributed by atoms with Crippen molar-refractivity contribution < 1.29 is 13.9 Å². The van der Waals surface area contributed by atoms with Crippen molar-refractivity contribution in [3.8, 4) is 0 Å². The molecule has 0 aromatic carbocycles. The summed E-state index contributed by atoms with van der Waals surface area (Å²) in [5, 5.41) is 0. The molecule has 0 radical (unpaired) electrons. The topological polar surface area (TPSA) is 84.4 Å². The van der Waals surface area contributed by atoms with Crippen molar-refractivity contribution >= 4 is 6.09 Å². The number of carbonyl (C=O) groups excluding carboxylic acids is 1. The molecule has 0 bridgehead atoms. The van der Waals surface area contributed by atoms with E-state index in [0.29, 0.717) is 19.4 Å². The van der Waals surface area contributed by atoms with Crippen LogP contribution in [0.4, 0.5) is 9.18 Å². The van der Waals surface area contributed by atoms with Crippen molar-refractivity contribution in [2.24, 2.45) is 0 Å². The Hall–Kier alpha value is -2.12. The number of methoxy groups -OCH3 is 1. The van der Waals surface area contributed by atoms with Crippen LogP contribution in [0.5, 0.6) is 0 Å². The van der Waals surface area contributed by atoms with Gasteiger partial charge in [-0.25, -0.2) is 9.59 Å². The van der Waals surface area contributed by atoms with E-state index >= 15 is 0 Å². The first-order chi connectivity index (χ1) is 8.54. The second-order valence-corrected chi connectivity index (χ2v) is 3.93. The Bertz CT molecular complexity index is 579. The van der Waals surface area contributed by atoms with Crippen LogP contribution < -0.4 is 11.2 Å². The van der Waals surface area contributed by atoms with E-state index in [1.807, 2.05) is 4.98 Å². The molecule has 0 unspecified atom stereocenters. The Morgan fingerprint density at radius 3 is 2.94 bits per heavy atom. The molecule has 2 heterocycles. The maximum absolute atomic E-state index is 13.2. The third-order valence-corrected chi connectivity index (χ3v) is 2.88. The summed E-state index contributed by atoms with van der Waals surface area (Å²) in [7, 11) is 1.23. The van der Waals surface area contributed by atoms with Gasteiger partial charge in [-0.05, 0) is 12.8 Å². The van der Waals surface area contributed by atoms with Crippen LogP contribution in [0.1, 0.15) is 19.0 Å². The minimum absolute atomic E-state index is 0.421. The number of carbonyl (C=O) groups is 1. The molecule has 1 saturated heterocycles. The predicted octanol–water partition coefficient (Wildman–Crippen LogP) is 0.0365. The zero-order chi connectivity index (χ0) is 13.3. The number of likely N-dealkylation sites (tertiary alicyclic amines) is 1. The fraction of sp³-hybridized carbons (Fsp3) is 0.500. The highest BCUT2D eigenvalue weighted by Crippen LogP contribution is 2.25. The molecule has 0 saturated carbocycles. The number of H-pyrrole nitrogens is 1. The Labute approximate surface area is 101 Å². The Morgan fingerprint density at radius 2 is 2.28 bits per heavy atom. The molecule has 1 atom stereocenters. The van der Waals surface area contributed by atoms with E-state index in [4.69, 9.17) is 0 Å². The zero-order valence-electron chi connectivity index (χ0n) is 9.68. The molecule has 0 spiro atoms. The Balaban J connectivity index is 2.42. The molecule has 7 nitrogen and oxygen atoms in total. The van der Waals surface area contributed by atoms with Crippen LogP contribution in [-0.4, -0.2) is 34.2 Å². The third kappa shape index (κ3) is 2.01. The molecule has 8 heteroatoms. The summed E-state index contributed by atoms with van der Waals surface area (Å²) >= 11 is 0. The summed E-state index contributed by atoms with van der Waals surface area (Å²) < 4.78 is 18.8. The number of hydrogen-bond acceptors (Lipinski definition) is 4. The molecule has 1 amide bonds. The normalized spacial score (nSPS) is 19.0. The number of nitrogens with one attached hydrogen (secondary N) is 1. The van der Waals surface area contributed by atoms with E-state index in [1.54, 1.807) is 0 Å². The minimum atomic E-state index is -1.07. The molecule has 1 aliphatic heterocycles. The van der Waals surface area contributed by atoms with Gasteiger partial charge in [0.15, 0.2) is 0 Å². The van der Waals surface area contributed by atoms with Crippen LogP contribution in [0.25, 0.3) is 0 Å². The van der Waals surface area contributed by atoms with Gasteiger partial charge in [0.25, 0.3) is 5.56 Å². The van der Waals surface area contributed by atoms with Crippen LogP contribution >= 0.6 is 0 Å². The Kier molecular flexibility index (Phi) is 3.17. The fourth-order valence-electron chi connectivity index (χ4n) is 2.05. The number of amides is 1. The second-order valence-electron chi connectivity index (χ2n) is 3.93. The number of nitrogens with zero attached hydrogens (tertiary/aromatic N) is 2. The smallest absolute Gasteiger partial charge is 0.411 e. The second kappa shape index (κ2) is 4.63. The summed E-state index contributed by atoms with van der Waals surface area (Å²) in [4.78, 5) is 37.2.